The average Bonchev–Trinajstić information content (AvgIpc) is 2.17. The molecule has 0 amide bonds. The number of nitrogens with two attached hydrogens (primary N) is 1. The Labute approximate surface area is 85.1 Å². The SMILES string of the molecule is NOCC=Cc1cccc(C(F)(F)F)c1. The van der Waals surface area contributed by atoms with Gasteiger partial charge in [-0.05, 0) is 17.7 Å². The van der Waals surface area contributed by atoms with E-state index in [-0.39, 0.29) is 6.61 Å². The standard InChI is InChI=1S/C10H10F3NO/c11-10(12,13)9-5-1-3-8(7-9)4-2-6-15-14/h1-5,7H,6,14H2. The van der Waals surface area contributed by atoms with Crippen molar-refractivity contribution in [2.24, 2.45) is 5.90 Å². The summed E-state index contributed by atoms with van der Waals surface area (Å²) in [4.78, 5) is 4.25. The smallest absolute Gasteiger partial charge is 0.300 e. The Morgan fingerprint density at radius 2 is 2.07 bits per heavy atom. The summed E-state index contributed by atoms with van der Waals surface area (Å²) in [6.07, 6.45) is -1.26. The topological polar surface area (TPSA) is 35.2 Å². The van der Waals surface area contributed by atoms with Crippen molar-refractivity contribution < 1.29 is 18.0 Å². The second-order valence-electron chi connectivity index (χ2n) is 2.86. The van der Waals surface area contributed by atoms with Gasteiger partial charge in [-0.2, -0.15) is 13.2 Å². The zero-order valence-corrected chi connectivity index (χ0v) is 7.79. The fourth-order valence-corrected chi connectivity index (χ4v) is 1.06. The highest BCUT2D eigenvalue weighted by atomic mass is 19.4. The number of hydrogen-bond acceptors (Lipinski definition) is 2. The molecule has 82 valence electrons. The molecule has 0 aliphatic carbocycles. The molecular weight excluding hydrogens is 207 g/mol. The van der Waals surface area contributed by atoms with Gasteiger partial charge < -0.3 is 4.84 Å². The molecule has 0 fully saturated rings. The van der Waals surface area contributed by atoms with Crippen molar-refractivity contribution in [3.8, 4) is 0 Å². The van der Waals surface area contributed by atoms with Crippen LogP contribution in [-0.2, 0) is 11.0 Å². The van der Waals surface area contributed by atoms with Crippen LogP contribution < -0.4 is 5.90 Å². The lowest BCUT2D eigenvalue weighted by atomic mass is 10.1. The molecule has 0 atom stereocenters. The Balaban J connectivity index is 2.84. The van der Waals surface area contributed by atoms with Gasteiger partial charge in [0.15, 0.2) is 0 Å². The van der Waals surface area contributed by atoms with E-state index in [1.807, 2.05) is 0 Å². The molecule has 0 spiro atoms. The van der Waals surface area contributed by atoms with Crippen molar-refractivity contribution in [2.45, 2.75) is 6.18 Å². The predicted molar refractivity (Wildman–Crippen MR) is 50.6 cm³/mol. The van der Waals surface area contributed by atoms with Gasteiger partial charge in [-0.3, -0.25) is 0 Å². The number of rotatable bonds is 3. The largest absolute Gasteiger partial charge is 0.416 e. The Morgan fingerprint density at radius 1 is 1.33 bits per heavy atom. The summed E-state index contributed by atoms with van der Waals surface area (Å²) in [7, 11) is 0. The highest BCUT2D eigenvalue weighted by Gasteiger charge is 2.30. The predicted octanol–water partition coefficient (Wildman–Crippen LogP) is 2.61. The van der Waals surface area contributed by atoms with Crippen LogP contribution in [0.5, 0.6) is 0 Å². The van der Waals surface area contributed by atoms with E-state index in [0.29, 0.717) is 5.56 Å². The maximum absolute atomic E-state index is 12.3. The summed E-state index contributed by atoms with van der Waals surface area (Å²) in [5, 5.41) is 0. The summed E-state index contributed by atoms with van der Waals surface area (Å²) in [6.45, 7) is 0.163. The quantitative estimate of drug-likeness (QED) is 0.790. The Hall–Kier alpha value is -1.33. The fourth-order valence-electron chi connectivity index (χ4n) is 1.06. The van der Waals surface area contributed by atoms with E-state index in [4.69, 9.17) is 5.90 Å². The molecule has 0 unspecified atom stereocenters. The van der Waals surface area contributed by atoms with Crippen LogP contribution >= 0.6 is 0 Å². The maximum atomic E-state index is 12.3. The molecule has 0 aromatic heterocycles. The van der Waals surface area contributed by atoms with Gasteiger partial charge in [-0.1, -0.05) is 24.3 Å². The van der Waals surface area contributed by atoms with Crippen LogP contribution in [0.4, 0.5) is 13.2 Å². The van der Waals surface area contributed by atoms with Gasteiger partial charge in [0.1, 0.15) is 0 Å². The van der Waals surface area contributed by atoms with E-state index in [9.17, 15) is 13.2 Å². The second-order valence-corrected chi connectivity index (χ2v) is 2.86. The van der Waals surface area contributed by atoms with E-state index in [2.05, 4.69) is 4.84 Å². The minimum atomic E-state index is -4.31. The van der Waals surface area contributed by atoms with Crippen molar-refractivity contribution >= 4 is 6.08 Å². The molecule has 0 radical (unpaired) electrons. The van der Waals surface area contributed by atoms with E-state index >= 15 is 0 Å². The van der Waals surface area contributed by atoms with E-state index in [1.54, 1.807) is 6.07 Å². The molecule has 15 heavy (non-hydrogen) atoms. The normalized spacial score (nSPS) is 12.3. The zero-order chi connectivity index (χ0) is 11.3. The van der Waals surface area contributed by atoms with Crippen LogP contribution in [0.25, 0.3) is 6.08 Å². The Bertz CT molecular complexity index is 347. The van der Waals surface area contributed by atoms with Crippen LogP contribution in [0.15, 0.2) is 30.3 Å². The zero-order valence-electron chi connectivity index (χ0n) is 7.79. The monoisotopic (exact) mass is 217 g/mol. The number of alkyl halides is 3. The lowest BCUT2D eigenvalue weighted by Gasteiger charge is -2.06. The van der Waals surface area contributed by atoms with Gasteiger partial charge in [0.25, 0.3) is 0 Å². The molecule has 0 saturated heterocycles. The van der Waals surface area contributed by atoms with Gasteiger partial charge in [0.2, 0.25) is 0 Å². The summed E-state index contributed by atoms with van der Waals surface area (Å²) < 4.78 is 36.9. The lowest BCUT2D eigenvalue weighted by molar-refractivity contribution is -0.137. The molecule has 0 aliphatic heterocycles. The van der Waals surface area contributed by atoms with Crippen molar-refractivity contribution in [3.05, 3.63) is 41.5 Å². The molecule has 0 aliphatic rings. The third kappa shape index (κ3) is 3.73. The minimum absolute atomic E-state index is 0.163. The van der Waals surface area contributed by atoms with E-state index in [0.717, 1.165) is 12.1 Å². The first-order valence-corrected chi connectivity index (χ1v) is 4.19. The van der Waals surface area contributed by atoms with Crippen LogP contribution in [0, 0.1) is 0 Å². The third-order valence-corrected chi connectivity index (χ3v) is 1.72. The van der Waals surface area contributed by atoms with Gasteiger partial charge >= 0.3 is 6.18 Å². The van der Waals surface area contributed by atoms with Crippen molar-refractivity contribution in [3.63, 3.8) is 0 Å². The molecule has 2 nitrogen and oxygen atoms in total. The summed E-state index contributed by atoms with van der Waals surface area (Å²) in [5.74, 6) is 4.76. The molecule has 2 N–H and O–H groups in total. The number of benzene rings is 1. The molecule has 5 heteroatoms. The number of halogens is 3. The van der Waals surface area contributed by atoms with E-state index in [1.165, 1.54) is 18.2 Å². The molecule has 1 aromatic carbocycles. The Kier molecular flexibility index (Phi) is 3.88. The first kappa shape index (κ1) is 11.7. The summed E-state index contributed by atoms with van der Waals surface area (Å²) in [6, 6.07) is 5.01. The van der Waals surface area contributed by atoms with Crippen LogP contribution in [0.2, 0.25) is 0 Å². The molecular formula is C10H10F3NO. The van der Waals surface area contributed by atoms with Gasteiger partial charge in [0.05, 0.1) is 12.2 Å². The van der Waals surface area contributed by atoms with Crippen molar-refractivity contribution in [1.29, 1.82) is 0 Å². The third-order valence-electron chi connectivity index (χ3n) is 1.72. The molecule has 1 aromatic rings. The first-order valence-electron chi connectivity index (χ1n) is 4.19. The van der Waals surface area contributed by atoms with Gasteiger partial charge in [0, 0.05) is 0 Å². The lowest BCUT2D eigenvalue weighted by Crippen LogP contribution is -2.04. The Morgan fingerprint density at radius 3 is 2.67 bits per heavy atom. The fraction of sp³-hybridized carbons (Fsp3) is 0.200. The highest BCUT2D eigenvalue weighted by molar-refractivity contribution is 5.50. The first-order chi connectivity index (χ1) is 7.04. The highest BCUT2D eigenvalue weighted by Crippen LogP contribution is 2.29. The number of hydrogen-bond donors (Lipinski definition) is 1. The van der Waals surface area contributed by atoms with Crippen molar-refractivity contribution in [2.75, 3.05) is 6.61 Å². The van der Waals surface area contributed by atoms with Crippen LogP contribution in [-0.4, -0.2) is 6.61 Å². The molecule has 0 heterocycles. The van der Waals surface area contributed by atoms with Gasteiger partial charge in [-0.25, -0.2) is 5.90 Å². The molecule has 0 bridgehead atoms. The van der Waals surface area contributed by atoms with Gasteiger partial charge in [-0.15, -0.1) is 0 Å². The van der Waals surface area contributed by atoms with Crippen LogP contribution in [0.1, 0.15) is 11.1 Å². The van der Waals surface area contributed by atoms with E-state index < -0.39 is 11.7 Å². The minimum Gasteiger partial charge on any atom is -0.300 e. The second kappa shape index (κ2) is 4.95. The van der Waals surface area contributed by atoms with Crippen molar-refractivity contribution in [1.82, 2.24) is 0 Å². The summed E-state index contributed by atoms with van der Waals surface area (Å²) >= 11 is 0. The summed E-state index contributed by atoms with van der Waals surface area (Å²) in [5.41, 5.74) is -0.208. The average molecular weight is 217 g/mol. The maximum Gasteiger partial charge on any atom is 0.416 e. The molecule has 1 rings (SSSR count). The van der Waals surface area contributed by atoms with Crippen LogP contribution in [0.3, 0.4) is 0 Å². The molecule has 0 saturated carbocycles.